The molecule has 0 saturated carbocycles. The maximum atomic E-state index is 12.4. The minimum Gasteiger partial charge on any atom is -0.322 e. The van der Waals surface area contributed by atoms with Gasteiger partial charge in [0.1, 0.15) is 0 Å². The Labute approximate surface area is 147 Å². The number of aryl methyl sites for hydroxylation is 1. The molecule has 5 heteroatoms. The van der Waals surface area contributed by atoms with E-state index in [0.717, 1.165) is 29.8 Å². The van der Waals surface area contributed by atoms with Crippen molar-refractivity contribution in [3.8, 4) is 6.19 Å². The van der Waals surface area contributed by atoms with Crippen LogP contribution in [0.5, 0.6) is 0 Å². The van der Waals surface area contributed by atoms with Crippen molar-refractivity contribution in [3.05, 3.63) is 65.0 Å². The summed E-state index contributed by atoms with van der Waals surface area (Å²) in [6, 6.07) is 9.50. The number of nitriles is 1. The number of anilines is 1. The molecule has 2 aromatic rings. The van der Waals surface area contributed by atoms with Crippen molar-refractivity contribution in [2.45, 2.75) is 20.3 Å². The number of carbonyl (C=O) groups is 1. The standard InChI is InChI=1S/C20H20N4O/c1-14-8-10-24(13-21)12-19(14)16-3-5-17(6-4-16)23-20(25)18-7-9-22-11-15(18)2/h3-7,9,11H,8,10,12H2,1-2H3,(H,23,25). The highest BCUT2D eigenvalue weighted by Gasteiger charge is 2.17. The van der Waals surface area contributed by atoms with Gasteiger partial charge in [-0.15, -0.1) is 0 Å². The zero-order chi connectivity index (χ0) is 17.8. The second kappa shape index (κ2) is 7.18. The molecule has 0 bridgehead atoms. The third kappa shape index (κ3) is 3.69. The van der Waals surface area contributed by atoms with E-state index in [0.29, 0.717) is 12.1 Å². The first kappa shape index (κ1) is 16.7. The van der Waals surface area contributed by atoms with E-state index in [9.17, 15) is 4.79 Å². The number of pyridine rings is 1. The molecule has 0 fully saturated rings. The van der Waals surface area contributed by atoms with Crippen molar-refractivity contribution in [1.29, 1.82) is 5.26 Å². The van der Waals surface area contributed by atoms with Crippen LogP contribution in [0.1, 0.15) is 34.8 Å². The van der Waals surface area contributed by atoms with Crippen LogP contribution in [0.4, 0.5) is 5.69 Å². The van der Waals surface area contributed by atoms with Gasteiger partial charge < -0.3 is 10.2 Å². The molecular formula is C20H20N4O. The zero-order valence-corrected chi connectivity index (χ0v) is 14.4. The van der Waals surface area contributed by atoms with Gasteiger partial charge in [-0.05, 0) is 55.2 Å². The lowest BCUT2D eigenvalue weighted by Gasteiger charge is -2.25. The number of amides is 1. The molecule has 25 heavy (non-hydrogen) atoms. The van der Waals surface area contributed by atoms with Gasteiger partial charge in [-0.25, -0.2) is 0 Å². The highest BCUT2D eigenvalue weighted by Crippen LogP contribution is 2.27. The molecule has 126 valence electrons. The fourth-order valence-corrected chi connectivity index (χ4v) is 2.96. The van der Waals surface area contributed by atoms with E-state index in [2.05, 4.69) is 23.4 Å². The first-order chi connectivity index (χ1) is 12.1. The van der Waals surface area contributed by atoms with Crippen molar-refractivity contribution < 1.29 is 4.79 Å². The Morgan fingerprint density at radius 3 is 2.68 bits per heavy atom. The van der Waals surface area contributed by atoms with Gasteiger partial charge in [0.05, 0.1) is 6.54 Å². The third-order valence-corrected chi connectivity index (χ3v) is 4.52. The van der Waals surface area contributed by atoms with Crippen LogP contribution in [0.3, 0.4) is 0 Å². The van der Waals surface area contributed by atoms with Gasteiger partial charge in [0.15, 0.2) is 6.19 Å². The number of nitrogens with one attached hydrogen (secondary N) is 1. The van der Waals surface area contributed by atoms with Crippen molar-refractivity contribution in [3.63, 3.8) is 0 Å². The molecule has 1 amide bonds. The lowest BCUT2D eigenvalue weighted by Crippen LogP contribution is -2.26. The number of hydrogen-bond donors (Lipinski definition) is 1. The normalized spacial score (nSPS) is 14.2. The number of aromatic nitrogens is 1. The summed E-state index contributed by atoms with van der Waals surface area (Å²) in [5.74, 6) is -0.142. The molecule has 0 aliphatic carbocycles. The van der Waals surface area contributed by atoms with Crippen molar-refractivity contribution in [2.24, 2.45) is 0 Å². The molecule has 1 aromatic heterocycles. The van der Waals surface area contributed by atoms with E-state index in [-0.39, 0.29) is 5.91 Å². The lowest BCUT2D eigenvalue weighted by molar-refractivity contribution is 0.102. The molecule has 0 radical (unpaired) electrons. The van der Waals surface area contributed by atoms with Crippen LogP contribution in [-0.2, 0) is 0 Å². The van der Waals surface area contributed by atoms with Crippen LogP contribution in [0.25, 0.3) is 5.57 Å². The van der Waals surface area contributed by atoms with Crippen LogP contribution >= 0.6 is 0 Å². The number of carbonyl (C=O) groups excluding carboxylic acids is 1. The van der Waals surface area contributed by atoms with E-state index >= 15 is 0 Å². The van der Waals surface area contributed by atoms with Gasteiger partial charge in [-0.2, -0.15) is 5.26 Å². The molecule has 0 unspecified atom stereocenters. The molecule has 1 aliphatic rings. The summed E-state index contributed by atoms with van der Waals surface area (Å²) in [5, 5.41) is 12.0. The zero-order valence-electron chi connectivity index (χ0n) is 14.4. The molecule has 0 saturated heterocycles. The van der Waals surface area contributed by atoms with Crippen LogP contribution in [0.2, 0.25) is 0 Å². The molecule has 5 nitrogen and oxygen atoms in total. The Bertz CT molecular complexity index is 862. The summed E-state index contributed by atoms with van der Waals surface area (Å²) in [7, 11) is 0. The number of rotatable bonds is 3. The topological polar surface area (TPSA) is 69.0 Å². The predicted octanol–water partition coefficient (Wildman–Crippen LogP) is 3.60. The Kier molecular flexibility index (Phi) is 4.80. The van der Waals surface area contributed by atoms with Gasteiger partial charge >= 0.3 is 0 Å². The highest BCUT2D eigenvalue weighted by atomic mass is 16.1. The van der Waals surface area contributed by atoms with Crippen LogP contribution in [0.15, 0.2) is 48.3 Å². The summed E-state index contributed by atoms with van der Waals surface area (Å²) in [5.41, 5.74) is 5.81. The minimum absolute atomic E-state index is 0.142. The first-order valence-corrected chi connectivity index (χ1v) is 8.24. The SMILES string of the molecule is CC1=C(c2ccc(NC(=O)c3ccncc3C)cc2)CN(C#N)CC1. The molecule has 1 aliphatic heterocycles. The predicted molar refractivity (Wildman–Crippen MR) is 97.8 cm³/mol. The maximum absolute atomic E-state index is 12.4. The summed E-state index contributed by atoms with van der Waals surface area (Å²) in [4.78, 5) is 18.1. The van der Waals surface area contributed by atoms with Gasteiger partial charge in [0, 0.05) is 30.2 Å². The number of hydrogen-bond acceptors (Lipinski definition) is 4. The Balaban J connectivity index is 1.76. The smallest absolute Gasteiger partial charge is 0.256 e. The number of nitrogens with zero attached hydrogens (tertiary/aromatic N) is 3. The number of benzene rings is 1. The average Bonchev–Trinajstić information content (AvgIpc) is 2.63. The summed E-state index contributed by atoms with van der Waals surface area (Å²) in [6.07, 6.45) is 6.42. The van der Waals surface area contributed by atoms with Crippen LogP contribution < -0.4 is 5.32 Å². The average molecular weight is 332 g/mol. The fraction of sp³-hybridized carbons (Fsp3) is 0.250. The van der Waals surface area contributed by atoms with Crippen molar-refractivity contribution in [2.75, 3.05) is 18.4 Å². The second-order valence-electron chi connectivity index (χ2n) is 6.25. The molecule has 1 N–H and O–H groups in total. The summed E-state index contributed by atoms with van der Waals surface area (Å²) in [6.45, 7) is 5.41. The molecule has 2 heterocycles. The van der Waals surface area contributed by atoms with Gasteiger partial charge in [0.2, 0.25) is 0 Å². The third-order valence-electron chi connectivity index (χ3n) is 4.52. The molecule has 0 atom stereocenters. The van der Waals surface area contributed by atoms with E-state index in [1.807, 2.05) is 31.2 Å². The molecule has 1 aromatic carbocycles. The van der Waals surface area contributed by atoms with Crippen molar-refractivity contribution >= 4 is 17.2 Å². The van der Waals surface area contributed by atoms with Gasteiger partial charge in [-0.3, -0.25) is 9.78 Å². The van der Waals surface area contributed by atoms with Gasteiger partial charge in [-0.1, -0.05) is 17.7 Å². The van der Waals surface area contributed by atoms with Crippen LogP contribution in [0, 0.1) is 18.4 Å². The Morgan fingerprint density at radius 2 is 2.00 bits per heavy atom. The Morgan fingerprint density at radius 1 is 1.24 bits per heavy atom. The van der Waals surface area contributed by atoms with Crippen LogP contribution in [-0.4, -0.2) is 28.9 Å². The van der Waals surface area contributed by atoms with Gasteiger partial charge in [0.25, 0.3) is 5.91 Å². The lowest BCUT2D eigenvalue weighted by atomic mass is 9.95. The summed E-state index contributed by atoms with van der Waals surface area (Å²) >= 11 is 0. The highest BCUT2D eigenvalue weighted by molar-refractivity contribution is 6.05. The van der Waals surface area contributed by atoms with E-state index in [1.165, 1.54) is 11.1 Å². The van der Waals surface area contributed by atoms with Crippen molar-refractivity contribution in [1.82, 2.24) is 9.88 Å². The molecule has 0 spiro atoms. The summed E-state index contributed by atoms with van der Waals surface area (Å²) < 4.78 is 0. The first-order valence-electron chi connectivity index (χ1n) is 8.24. The maximum Gasteiger partial charge on any atom is 0.256 e. The molecule has 3 rings (SSSR count). The largest absolute Gasteiger partial charge is 0.322 e. The second-order valence-corrected chi connectivity index (χ2v) is 6.25. The van der Waals surface area contributed by atoms with E-state index in [4.69, 9.17) is 5.26 Å². The monoisotopic (exact) mass is 332 g/mol. The quantitative estimate of drug-likeness (QED) is 0.872. The Hall–Kier alpha value is -3.13. The van der Waals surface area contributed by atoms with E-state index < -0.39 is 0 Å². The molecular weight excluding hydrogens is 312 g/mol. The fourth-order valence-electron chi connectivity index (χ4n) is 2.96. The van der Waals surface area contributed by atoms with E-state index in [1.54, 1.807) is 23.4 Å². The minimum atomic E-state index is -0.142.